The third-order valence-corrected chi connectivity index (χ3v) is 6.50. The van der Waals surface area contributed by atoms with Crippen LogP contribution in [0, 0.1) is 6.92 Å². The van der Waals surface area contributed by atoms with Crippen molar-refractivity contribution in [3.63, 3.8) is 0 Å². The summed E-state index contributed by atoms with van der Waals surface area (Å²) in [5, 5.41) is 0. The highest BCUT2D eigenvalue weighted by atomic mass is 32.1. The normalized spacial score (nSPS) is 21.3. The summed E-state index contributed by atoms with van der Waals surface area (Å²) >= 11 is 0.383. The lowest BCUT2D eigenvalue weighted by Crippen LogP contribution is -2.67. The molecule has 6 nitrogen and oxygen atoms in total. The summed E-state index contributed by atoms with van der Waals surface area (Å²) in [5.74, 6) is -5.13. The molecule has 0 bridgehead atoms. The van der Waals surface area contributed by atoms with Crippen molar-refractivity contribution in [1.82, 2.24) is 9.55 Å². The zero-order valence-corrected chi connectivity index (χ0v) is 18.7. The number of carbonyl (C=O) groups is 3. The largest absolute Gasteiger partial charge is 0.497 e. The van der Waals surface area contributed by atoms with Crippen molar-refractivity contribution < 1.29 is 45.6 Å². The van der Waals surface area contributed by atoms with Crippen molar-refractivity contribution in [3.8, 4) is 0 Å². The van der Waals surface area contributed by atoms with Crippen molar-refractivity contribution in [2.45, 2.75) is 32.2 Å². The molecule has 2 atom stereocenters. The Labute approximate surface area is 193 Å². The Hall–Kier alpha value is -2.93. The third kappa shape index (κ3) is 5.09. The lowest BCUT2D eigenvalue weighted by Gasteiger charge is -2.45. The Bertz CT molecular complexity index is 1100. The second-order valence-electron chi connectivity index (χ2n) is 7.82. The first-order valence-corrected chi connectivity index (χ1v) is 10.7. The van der Waals surface area contributed by atoms with Gasteiger partial charge in [-0.15, -0.1) is 11.3 Å². The van der Waals surface area contributed by atoms with Crippen LogP contribution in [-0.4, -0.2) is 60.6 Å². The molecule has 2 heterocycles. The molecule has 34 heavy (non-hydrogen) atoms. The summed E-state index contributed by atoms with van der Waals surface area (Å²) in [7, 11) is 0. The van der Waals surface area contributed by atoms with E-state index in [9.17, 15) is 40.7 Å². The second kappa shape index (κ2) is 9.02. The van der Waals surface area contributed by atoms with Crippen LogP contribution in [0.1, 0.15) is 31.8 Å². The van der Waals surface area contributed by atoms with E-state index >= 15 is 0 Å². The highest BCUT2D eigenvalue weighted by molar-refractivity contribution is 7.16. The molecule has 0 aliphatic carbocycles. The van der Waals surface area contributed by atoms with Gasteiger partial charge in [-0.1, -0.05) is 22.3 Å². The van der Waals surface area contributed by atoms with Gasteiger partial charge in [0.05, 0.1) is 22.8 Å². The van der Waals surface area contributed by atoms with Gasteiger partial charge in [0.25, 0.3) is 11.7 Å². The quantitative estimate of drug-likeness (QED) is 0.341. The van der Waals surface area contributed by atoms with Crippen molar-refractivity contribution in [2.75, 3.05) is 19.6 Å². The number of aryl methyl sites for hydroxylation is 1. The van der Waals surface area contributed by atoms with E-state index in [4.69, 9.17) is 4.84 Å². The van der Waals surface area contributed by atoms with Crippen LogP contribution in [0.25, 0.3) is 0 Å². The number of halogens is 6. The molecule has 2 aromatic rings. The molecule has 184 valence electrons. The van der Waals surface area contributed by atoms with Gasteiger partial charge in [0, 0.05) is 12.1 Å². The van der Waals surface area contributed by atoms with Crippen LogP contribution < -0.4 is 4.65 Å². The van der Waals surface area contributed by atoms with E-state index in [1.807, 2.05) is 0 Å². The zero-order valence-electron chi connectivity index (χ0n) is 17.9. The average Bonchev–Trinajstić information content (AvgIpc) is 3.23. The number of hydrogen-bond acceptors (Lipinski definition) is 5. The minimum atomic E-state index is -5.24. The van der Waals surface area contributed by atoms with Gasteiger partial charge < -0.3 is 4.90 Å². The molecule has 1 aromatic heterocycles. The summed E-state index contributed by atoms with van der Waals surface area (Å²) in [6, 6.07) is 7.50. The highest BCUT2D eigenvalue weighted by Gasteiger charge is 2.53. The molecular weight excluding hydrogens is 490 g/mol. The van der Waals surface area contributed by atoms with Crippen molar-refractivity contribution in [2.24, 2.45) is 0 Å². The lowest BCUT2D eigenvalue weighted by atomic mass is 10.1. The fourth-order valence-electron chi connectivity index (χ4n) is 3.66. The minimum Gasteiger partial charge on any atom is -0.326 e. The first-order chi connectivity index (χ1) is 15.6. The molecule has 0 spiro atoms. The van der Waals surface area contributed by atoms with Crippen molar-refractivity contribution >= 4 is 34.7 Å². The smallest absolute Gasteiger partial charge is 0.326 e. The SMILES string of the molecule is Cc1ccc([N+]2(OC(=O)C(F)(F)F)CCN(C(=O)c3ccc(C(=O)C(F)(F)F)s3)CC2C)cc1. The molecule has 1 aliphatic rings. The van der Waals surface area contributed by atoms with E-state index < -0.39 is 45.6 Å². The summed E-state index contributed by atoms with van der Waals surface area (Å²) in [6.45, 7) is 2.74. The summed E-state index contributed by atoms with van der Waals surface area (Å²) < 4.78 is 76.1. The number of carbonyl (C=O) groups excluding carboxylic acids is 3. The monoisotopic (exact) mass is 509 g/mol. The van der Waals surface area contributed by atoms with Gasteiger partial charge >= 0.3 is 18.3 Å². The van der Waals surface area contributed by atoms with Gasteiger partial charge in [0.1, 0.15) is 12.6 Å². The fraction of sp³-hybridized carbons (Fsp3) is 0.381. The van der Waals surface area contributed by atoms with E-state index in [0.29, 0.717) is 11.3 Å². The number of alkyl halides is 6. The lowest BCUT2D eigenvalue weighted by molar-refractivity contribution is -0.245. The van der Waals surface area contributed by atoms with Crippen molar-refractivity contribution in [1.29, 1.82) is 0 Å². The number of benzene rings is 1. The molecule has 1 aromatic carbocycles. The zero-order chi connectivity index (χ0) is 25.5. The number of rotatable bonds is 4. The van der Waals surface area contributed by atoms with Crippen LogP contribution in [0.4, 0.5) is 32.0 Å². The summed E-state index contributed by atoms with van der Waals surface area (Å²) in [6.07, 6.45) is -10.3. The number of hydrogen-bond donors (Lipinski definition) is 0. The number of piperazine rings is 1. The Kier molecular flexibility index (Phi) is 6.82. The van der Waals surface area contributed by atoms with Crippen molar-refractivity contribution in [3.05, 3.63) is 51.7 Å². The predicted molar refractivity (Wildman–Crippen MR) is 110 cm³/mol. The average molecular weight is 509 g/mol. The highest BCUT2D eigenvalue weighted by Crippen LogP contribution is 2.34. The molecular formula is C21H19F6N2O4S+. The van der Waals surface area contributed by atoms with Gasteiger partial charge in [-0.3, -0.25) is 14.4 Å². The van der Waals surface area contributed by atoms with Gasteiger partial charge in [0.15, 0.2) is 5.69 Å². The van der Waals surface area contributed by atoms with Crippen LogP contribution >= 0.6 is 11.3 Å². The molecule has 1 amide bonds. The van der Waals surface area contributed by atoms with Crippen LogP contribution in [0.15, 0.2) is 36.4 Å². The molecule has 0 radical (unpaired) electrons. The number of nitrogens with zero attached hydrogens (tertiary/aromatic N) is 2. The van der Waals surface area contributed by atoms with Crippen LogP contribution in [0.2, 0.25) is 0 Å². The van der Waals surface area contributed by atoms with E-state index in [0.717, 1.165) is 17.7 Å². The predicted octanol–water partition coefficient (Wildman–Crippen LogP) is 4.67. The van der Waals surface area contributed by atoms with Gasteiger partial charge in [0.2, 0.25) is 0 Å². The van der Waals surface area contributed by atoms with Crippen LogP contribution in [-0.2, 0) is 9.63 Å². The third-order valence-electron chi connectivity index (χ3n) is 5.43. The maximum absolute atomic E-state index is 13.0. The van der Waals surface area contributed by atoms with Gasteiger partial charge in [-0.25, -0.2) is 4.79 Å². The molecule has 13 heteroatoms. The van der Waals surface area contributed by atoms with Crippen LogP contribution in [0.5, 0.6) is 0 Å². The summed E-state index contributed by atoms with van der Waals surface area (Å²) in [4.78, 5) is 41.4. The number of thiophene rings is 1. The Morgan fingerprint density at radius 1 is 0.971 bits per heavy atom. The van der Waals surface area contributed by atoms with Crippen LogP contribution in [0.3, 0.4) is 0 Å². The Balaban J connectivity index is 1.86. The maximum atomic E-state index is 13.0. The number of hydroxylamine groups is 2. The van der Waals surface area contributed by atoms with Gasteiger partial charge in [-0.2, -0.15) is 26.3 Å². The van der Waals surface area contributed by atoms with E-state index in [-0.39, 0.29) is 30.2 Å². The molecule has 3 rings (SSSR count). The molecule has 2 unspecified atom stereocenters. The minimum absolute atomic E-state index is 0.123. The number of Topliss-reactive ketones (excluding diaryl/α,β-unsaturated/α-hetero) is 1. The fourth-order valence-corrected chi connectivity index (χ4v) is 4.59. The molecule has 1 aliphatic heterocycles. The molecule has 0 saturated carbocycles. The second-order valence-corrected chi connectivity index (χ2v) is 8.91. The van der Waals surface area contributed by atoms with Gasteiger partial charge in [-0.05, 0) is 26.0 Å². The first kappa shape index (κ1) is 25.7. The standard InChI is InChI=1S/C21H19F6N2O4S/c1-12-3-5-14(6-4-12)29(33-19(32)21(25,26)27)10-9-28(11-13(29)2)18(31)16-8-7-15(34-16)17(30)20(22,23)24/h3-8,13H,9-11H2,1-2H3/q+1. The molecule has 0 N–H and O–H groups in total. The Morgan fingerprint density at radius 2 is 1.56 bits per heavy atom. The van der Waals surface area contributed by atoms with E-state index in [1.54, 1.807) is 19.1 Å². The number of ketones is 1. The first-order valence-electron chi connectivity index (χ1n) is 9.91. The molecule has 1 fully saturated rings. The molecule has 1 saturated heterocycles. The topological polar surface area (TPSA) is 63.7 Å². The number of quaternary nitrogens is 1. The number of amides is 1. The Morgan fingerprint density at radius 3 is 2.09 bits per heavy atom. The summed E-state index contributed by atoms with van der Waals surface area (Å²) in [5.41, 5.74) is 1.10. The maximum Gasteiger partial charge on any atom is 0.497 e. The van der Waals surface area contributed by atoms with E-state index in [2.05, 4.69) is 0 Å². The van der Waals surface area contributed by atoms with E-state index in [1.165, 1.54) is 24.0 Å².